The van der Waals surface area contributed by atoms with E-state index in [1.54, 1.807) is 0 Å². The molecule has 0 radical (unpaired) electrons. The minimum Gasteiger partial charge on any atom is -0.352 e. The Kier molecular flexibility index (Phi) is 6.93. The number of piperidine rings is 1. The molecule has 0 bridgehead atoms. The zero-order valence-electron chi connectivity index (χ0n) is 17.5. The van der Waals surface area contributed by atoms with Crippen LogP contribution in [0.2, 0.25) is 0 Å². The number of carbonyl (C=O) groups excluding carboxylic acids is 1. The van der Waals surface area contributed by atoms with Gasteiger partial charge >= 0.3 is 0 Å². The molecule has 1 aliphatic rings. The zero-order chi connectivity index (χ0) is 20.6. The van der Waals surface area contributed by atoms with Crippen LogP contribution in [-0.4, -0.2) is 33.7 Å². The van der Waals surface area contributed by atoms with E-state index in [0.717, 1.165) is 23.4 Å². The van der Waals surface area contributed by atoms with Gasteiger partial charge in [0.2, 0.25) is 5.91 Å². The molecule has 156 valence electrons. The minimum atomic E-state index is 0.0693. The SMILES string of the molecule is O=C(CCc1cnn(-c2ccccc2)c1)NCc1ccc(CN2CCCCC2)cc1. The second-order valence-corrected chi connectivity index (χ2v) is 8.06. The Hall–Kier alpha value is -2.92. The second-order valence-electron chi connectivity index (χ2n) is 8.06. The quantitative estimate of drug-likeness (QED) is 0.617. The van der Waals surface area contributed by atoms with Crippen molar-refractivity contribution in [2.24, 2.45) is 0 Å². The van der Waals surface area contributed by atoms with Gasteiger partial charge in [-0.3, -0.25) is 9.69 Å². The molecule has 2 aromatic carbocycles. The van der Waals surface area contributed by atoms with Gasteiger partial charge < -0.3 is 5.32 Å². The van der Waals surface area contributed by atoms with Crippen molar-refractivity contribution >= 4 is 5.91 Å². The highest BCUT2D eigenvalue weighted by Crippen LogP contribution is 2.14. The highest BCUT2D eigenvalue weighted by molar-refractivity contribution is 5.76. The number of aromatic nitrogens is 2. The lowest BCUT2D eigenvalue weighted by atomic mass is 10.1. The van der Waals surface area contributed by atoms with Gasteiger partial charge in [-0.1, -0.05) is 48.9 Å². The number of likely N-dealkylation sites (tertiary alicyclic amines) is 1. The molecule has 5 nitrogen and oxygen atoms in total. The van der Waals surface area contributed by atoms with Crippen LogP contribution < -0.4 is 5.32 Å². The Bertz CT molecular complexity index is 927. The van der Waals surface area contributed by atoms with E-state index in [1.165, 1.54) is 37.9 Å². The molecular weight excluding hydrogens is 372 g/mol. The first-order chi connectivity index (χ1) is 14.8. The van der Waals surface area contributed by atoms with E-state index < -0.39 is 0 Å². The van der Waals surface area contributed by atoms with Crippen LogP contribution in [0.25, 0.3) is 5.69 Å². The molecule has 1 saturated heterocycles. The lowest BCUT2D eigenvalue weighted by Crippen LogP contribution is -2.29. The summed E-state index contributed by atoms with van der Waals surface area (Å²) in [5.41, 5.74) is 4.58. The van der Waals surface area contributed by atoms with Crippen molar-refractivity contribution in [3.05, 3.63) is 83.7 Å². The molecule has 1 amide bonds. The molecule has 5 heteroatoms. The van der Waals surface area contributed by atoms with E-state index in [9.17, 15) is 4.79 Å². The molecule has 0 aliphatic carbocycles. The molecule has 0 atom stereocenters. The predicted molar refractivity (Wildman–Crippen MR) is 119 cm³/mol. The van der Waals surface area contributed by atoms with Gasteiger partial charge in [-0.25, -0.2) is 4.68 Å². The number of nitrogens with zero attached hydrogens (tertiary/aromatic N) is 3. The summed E-state index contributed by atoms with van der Waals surface area (Å²) in [6, 6.07) is 18.6. The number of carbonyl (C=O) groups is 1. The number of amides is 1. The number of benzene rings is 2. The number of para-hydroxylation sites is 1. The summed E-state index contributed by atoms with van der Waals surface area (Å²) in [5, 5.41) is 7.42. The maximum atomic E-state index is 12.3. The van der Waals surface area contributed by atoms with Crippen LogP contribution in [0.4, 0.5) is 0 Å². The first kappa shape index (κ1) is 20.4. The Labute approximate surface area is 178 Å². The normalized spacial score (nSPS) is 14.5. The molecule has 0 spiro atoms. The van der Waals surface area contributed by atoms with E-state index in [4.69, 9.17) is 0 Å². The van der Waals surface area contributed by atoms with Gasteiger partial charge in [0.25, 0.3) is 0 Å². The van der Waals surface area contributed by atoms with Gasteiger partial charge in [-0.15, -0.1) is 0 Å². The number of aryl methyl sites for hydroxylation is 1. The molecule has 2 heterocycles. The third-order valence-electron chi connectivity index (χ3n) is 5.67. The Morgan fingerprint density at radius 2 is 1.63 bits per heavy atom. The minimum absolute atomic E-state index is 0.0693. The third kappa shape index (κ3) is 5.80. The van der Waals surface area contributed by atoms with E-state index >= 15 is 0 Å². The van der Waals surface area contributed by atoms with E-state index in [0.29, 0.717) is 19.4 Å². The highest BCUT2D eigenvalue weighted by atomic mass is 16.1. The van der Waals surface area contributed by atoms with Crippen molar-refractivity contribution in [1.82, 2.24) is 20.0 Å². The lowest BCUT2D eigenvalue weighted by Gasteiger charge is -2.26. The summed E-state index contributed by atoms with van der Waals surface area (Å²) < 4.78 is 1.85. The molecular formula is C25H30N4O. The van der Waals surface area contributed by atoms with Crippen molar-refractivity contribution in [2.45, 2.75) is 45.2 Å². The zero-order valence-corrected chi connectivity index (χ0v) is 17.5. The third-order valence-corrected chi connectivity index (χ3v) is 5.67. The second kappa shape index (κ2) is 10.2. The van der Waals surface area contributed by atoms with Gasteiger partial charge in [0.15, 0.2) is 0 Å². The number of hydrogen-bond acceptors (Lipinski definition) is 3. The molecule has 0 saturated carbocycles. The lowest BCUT2D eigenvalue weighted by molar-refractivity contribution is -0.121. The van der Waals surface area contributed by atoms with Crippen LogP contribution in [0, 0.1) is 0 Å². The van der Waals surface area contributed by atoms with Crippen molar-refractivity contribution in [2.75, 3.05) is 13.1 Å². The van der Waals surface area contributed by atoms with Crippen LogP contribution in [0.3, 0.4) is 0 Å². The molecule has 0 unspecified atom stereocenters. The summed E-state index contributed by atoms with van der Waals surface area (Å²) in [6.07, 6.45) is 8.98. The van der Waals surface area contributed by atoms with Crippen molar-refractivity contribution < 1.29 is 4.79 Å². The van der Waals surface area contributed by atoms with E-state index in [2.05, 4.69) is 39.6 Å². The molecule has 1 N–H and O–H groups in total. The fourth-order valence-electron chi connectivity index (χ4n) is 3.90. The van der Waals surface area contributed by atoms with Crippen LogP contribution in [0.15, 0.2) is 67.0 Å². The fourth-order valence-corrected chi connectivity index (χ4v) is 3.90. The largest absolute Gasteiger partial charge is 0.352 e. The van der Waals surface area contributed by atoms with Crippen LogP contribution >= 0.6 is 0 Å². The average molecular weight is 403 g/mol. The highest BCUT2D eigenvalue weighted by Gasteiger charge is 2.10. The predicted octanol–water partition coefficient (Wildman–Crippen LogP) is 4.11. The Morgan fingerprint density at radius 3 is 2.40 bits per heavy atom. The van der Waals surface area contributed by atoms with Crippen molar-refractivity contribution in [1.29, 1.82) is 0 Å². The van der Waals surface area contributed by atoms with E-state index in [-0.39, 0.29) is 5.91 Å². The van der Waals surface area contributed by atoms with E-state index in [1.807, 2.05) is 47.4 Å². The topological polar surface area (TPSA) is 50.2 Å². The van der Waals surface area contributed by atoms with Crippen LogP contribution in [0.1, 0.15) is 42.4 Å². The van der Waals surface area contributed by atoms with Crippen molar-refractivity contribution in [3.63, 3.8) is 0 Å². The maximum Gasteiger partial charge on any atom is 0.220 e. The molecule has 1 aliphatic heterocycles. The summed E-state index contributed by atoms with van der Waals surface area (Å²) >= 11 is 0. The Balaban J connectivity index is 1.20. The molecule has 3 aromatic rings. The first-order valence-corrected chi connectivity index (χ1v) is 10.9. The molecule has 4 rings (SSSR count). The maximum absolute atomic E-state index is 12.3. The Morgan fingerprint density at radius 1 is 0.900 bits per heavy atom. The van der Waals surface area contributed by atoms with Gasteiger partial charge in [0, 0.05) is 25.7 Å². The standard InChI is InChI=1S/C25H30N4O/c30-25(14-13-23-18-27-29(20-23)24-7-3-1-4-8-24)26-17-21-9-11-22(12-10-21)19-28-15-5-2-6-16-28/h1,3-4,7-12,18,20H,2,5-6,13-17,19H2,(H,26,30). The summed E-state index contributed by atoms with van der Waals surface area (Å²) in [4.78, 5) is 14.8. The number of hydrogen-bond donors (Lipinski definition) is 1. The number of nitrogens with one attached hydrogen (secondary N) is 1. The molecule has 30 heavy (non-hydrogen) atoms. The fraction of sp³-hybridized carbons (Fsp3) is 0.360. The van der Waals surface area contributed by atoms with Gasteiger partial charge in [0.05, 0.1) is 11.9 Å². The number of rotatable bonds is 8. The summed E-state index contributed by atoms with van der Waals surface area (Å²) in [5.74, 6) is 0.0693. The smallest absolute Gasteiger partial charge is 0.220 e. The molecule has 1 fully saturated rings. The van der Waals surface area contributed by atoms with Gasteiger partial charge in [0.1, 0.15) is 0 Å². The summed E-state index contributed by atoms with van der Waals surface area (Å²) in [7, 11) is 0. The first-order valence-electron chi connectivity index (χ1n) is 10.9. The monoisotopic (exact) mass is 402 g/mol. The average Bonchev–Trinajstić information content (AvgIpc) is 3.28. The van der Waals surface area contributed by atoms with Gasteiger partial charge in [-0.2, -0.15) is 5.10 Å². The molecule has 1 aromatic heterocycles. The van der Waals surface area contributed by atoms with Crippen molar-refractivity contribution in [3.8, 4) is 5.69 Å². The van der Waals surface area contributed by atoms with Gasteiger partial charge in [-0.05, 0) is 61.2 Å². The summed E-state index contributed by atoms with van der Waals surface area (Å²) in [6.45, 7) is 4.03. The van der Waals surface area contributed by atoms with Crippen LogP contribution in [-0.2, 0) is 24.3 Å². The van der Waals surface area contributed by atoms with Crippen LogP contribution in [0.5, 0.6) is 0 Å².